The quantitative estimate of drug-likeness (QED) is 0.764. The Bertz CT molecular complexity index is 903. The van der Waals surface area contributed by atoms with E-state index in [1.807, 2.05) is 6.92 Å². The number of pyridine rings is 1. The van der Waals surface area contributed by atoms with Crippen LogP contribution in [0, 0.1) is 0 Å². The van der Waals surface area contributed by atoms with Crippen LogP contribution in [-0.2, 0) is 11.3 Å². The van der Waals surface area contributed by atoms with Crippen LogP contribution in [0.1, 0.15) is 17.3 Å². The van der Waals surface area contributed by atoms with E-state index in [0.29, 0.717) is 40.9 Å². The second-order valence-corrected chi connectivity index (χ2v) is 6.60. The minimum Gasteiger partial charge on any atom is -0.493 e. The second kappa shape index (κ2) is 9.07. The molecule has 0 atom stereocenters. The van der Waals surface area contributed by atoms with E-state index in [1.54, 1.807) is 18.3 Å². The Balaban J connectivity index is 1.90. The molecule has 1 fully saturated rings. The van der Waals surface area contributed by atoms with Crippen molar-refractivity contribution in [2.75, 3.05) is 53.6 Å². The van der Waals surface area contributed by atoms with Crippen LogP contribution in [0.2, 0.25) is 0 Å². The molecule has 1 saturated heterocycles. The van der Waals surface area contributed by atoms with E-state index in [0.717, 1.165) is 32.8 Å². The fourth-order valence-electron chi connectivity index (χ4n) is 3.38. The number of ether oxygens (including phenoxy) is 3. The molecule has 3 rings (SSSR count). The van der Waals surface area contributed by atoms with Gasteiger partial charge in [0.2, 0.25) is 0 Å². The Morgan fingerprint density at radius 3 is 2.39 bits per heavy atom. The largest absolute Gasteiger partial charge is 0.493 e. The van der Waals surface area contributed by atoms with Crippen molar-refractivity contribution in [3.8, 4) is 11.5 Å². The van der Waals surface area contributed by atoms with E-state index in [4.69, 9.17) is 14.2 Å². The Hall–Kier alpha value is -2.58. The summed E-state index contributed by atoms with van der Waals surface area (Å²) >= 11 is 0. The number of hydrogen-bond acceptors (Lipinski definition) is 6. The molecule has 0 spiro atoms. The lowest BCUT2D eigenvalue weighted by Gasteiger charge is -2.26. The van der Waals surface area contributed by atoms with Crippen molar-refractivity contribution in [3.63, 3.8) is 0 Å². The molecule has 152 valence electrons. The predicted octanol–water partition coefficient (Wildman–Crippen LogP) is 1.10. The topological polar surface area (TPSA) is 82.0 Å². The van der Waals surface area contributed by atoms with Gasteiger partial charge in [-0.15, -0.1) is 0 Å². The highest BCUT2D eigenvalue weighted by molar-refractivity contribution is 6.07. The molecule has 1 aliphatic rings. The summed E-state index contributed by atoms with van der Waals surface area (Å²) in [5, 5.41) is 3.95. The van der Waals surface area contributed by atoms with E-state index >= 15 is 0 Å². The third kappa shape index (κ3) is 4.13. The van der Waals surface area contributed by atoms with Gasteiger partial charge in [0, 0.05) is 44.3 Å². The average molecular weight is 389 g/mol. The van der Waals surface area contributed by atoms with Gasteiger partial charge in [0.05, 0.1) is 38.4 Å². The zero-order valence-electron chi connectivity index (χ0n) is 16.6. The maximum absolute atomic E-state index is 12.9. The molecule has 8 heteroatoms. The van der Waals surface area contributed by atoms with Crippen molar-refractivity contribution in [1.82, 2.24) is 14.8 Å². The van der Waals surface area contributed by atoms with Gasteiger partial charge in [0.15, 0.2) is 11.5 Å². The molecule has 1 aromatic heterocycles. The van der Waals surface area contributed by atoms with Gasteiger partial charge in [-0.25, -0.2) is 0 Å². The molecule has 0 bridgehead atoms. The van der Waals surface area contributed by atoms with E-state index in [1.165, 1.54) is 18.8 Å². The summed E-state index contributed by atoms with van der Waals surface area (Å²) in [6.07, 6.45) is 1.61. The molecule has 0 unspecified atom stereocenters. The van der Waals surface area contributed by atoms with E-state index in [9.17, 15) is 9.59 Å². The normalized spacial score (nSPS) is 14.8. The molecule has 0 radical (unpaired) electrons. The first-order valence-corrected chi connectivity index (χ1v) is 9.46. The molecule has 1 N–H and O–H groups in total. The van der Waals surface area contributed by atoms with E-state index in [2.05, 4.69) is 10.2 Å². The summed E-state index contributed by atoms with van der Waals surface area (Å²) in [7, 11) is 3.04. The summed E-state index contributed by atoms with van der Waals surface area (Å²) in [6, 6.07) is 3.32. The SMILES string of the molecule is CCn1cc(C(=O)NCCN2CCOCC2)c2cc(OC)c(OC)cc2c1=O. The van der Waals surface area contributed by atoms with Crippen molar-refractivity contribution in [3.05, 3.63) is 34.2 Å². The van der Waals surface area contributed by atoms with E-state index in [-0.39, 0.29) is 11.5 Å². The minimum absolute atomic E-state index is 0.164. The first kappa shape index (κ1) is 20.2. The van der Waals surface area contributed by atoms with Crippen LogP contribution in [0.15, 0.2) is 23.1 Å². The molecule has 0 aliphatic carbocycles. The first-order chi connectivity index (χ1) is 13.6. The lowest BCUT2D eigenvalue weighted by molar-refractivity contribution is 0.0383. The molecule has 2 heterocycles. The molecular weight excluding hydrogens is 362 g/mol. The Morgan fingerprint density at radius 2 is 1.79 bits per heavy atom. The van der Waals surface area contributed by atoms with Crippen molar-refractivity contribution in [2.24, 2.45) is 0 Å². The number of amides is 1. The van der Waals surface area contributed by atoms with Crippen molar-refractivity contribution in [2.45, 2.75) is 13.5 Å². The number of benzene rings is 1. The molecule has 1 aliphatic heterocycles. The number of methoxy groups -OCH3 is 2. The molecular formula is C20H27N3O5. The highest BCUT2D eigenvalue weighted by atomic mass is 16.5. The molecule has 8 nitrogen and oxygen atoms in total. The second-order valence-electron chi connectivity index (χ2n) is 6.60. The molecule has 2 aromatic rings. The lowest BCUT2D eigenvalue weighted by atomic mass is 10.1. The standard InChI is InChI=1S/C20H27N3O5/c1-4-23-13-16(19(24)21-5-6-22-7-9-28-10-8-22)14-11-17(26-2)18(27-3)12-15(14)20(23)25/h11-13H,4-10H2,1-3H3,(H,21,24). The number of fused-ring (bicyclic) bond motifs is 1. The number of carbonyl (C=O) groups excluding carboxylic acids is 1. The predicted molar refractivity (Wildman–Crippen MR) is 107 cm³/mol. The van der Waals surface area contributed by atoms with Crippen LogP contribution in [0.25, 0.3) is 10.8 Å². The summed E-state index contributed by atoms with van der Waals surface area (Å²) < 4.78 is 17.5. The van der Waals surface area contributed by atoms with Crippen molar-refractivity contribution < 1.29 is 19.0 Å². The highest BCUT2D eigenvalue weighted by Gasteiger charge is 2.18. The number of nitrogens with zero attached hydrogens (tertiary/aromatic N) is 2. The number of hydrogen-bond donors (Lipinski definition) is 1. The smallest absolute Gasteiger partial charge is 0.258 e. The summed E-state index contributed by atoms with van der Waals surface area (Å²) in [5.74, 6) is 0.721. The minimum atomic E-state index is -0.215. The van der Waals surface area contributed by atoms with Gasteiger partial charge in [0.25, 0.3) is 11.5 Å². The van der Waals surface area contributed by atoms with Gasteiger partial charge < -0.3 is 24.1 Å². The van der Waals surface area contributed by atoms with Crippen molar-refractivity contribution >= 4 is 16.7 Å². The maximum atomic E-state index is 12.9. The Morgan fingerprint density at radius 1 is 1.14 bits per heavy atom. The van der Waals surface area contributed by atoms with Gasteiger partial charge in [-0.3, -0.25) is 14.5 Å². The number of nitrogens with one attached hydrogen (secondary N) is 1. The highest BCUT2D eigenvalue weighted by Crippen LogP contribution is 2.32. The fourth-order valence-corrected chi connectivity index (χ4v) is 3.38. The fraction of sp³-hybridized carbons (Fsp3) is 0.500. The van der Waals surface area contributed by atoms with Crippen LogP contribution in [0.4, 0.5) is 0 Å². The maximum Gasteiger partial charge on any atom is 0.258 e. The number of carbonyl (C=O) groups is 1. The van der Waals surface area contributed by atoms with Crippen molar-refractivity contribution in [1.29, 1.82) is 0 Å². The molecule has 0 saturated carbocycles. The van der Waals surface area contributed by atoms with E-state index < -0.39 is 0 Å². The number of morpholine rings is 1. The van der Waals surface area contributed by atoms with Gasteiger partial charge in [-0.05, 0) is 19.1 Å². The Labute approximate surface area is 164 Å². The van der Waals surface area contributed by atoms with Crippen LogP contribution in [0.5, 0.6) is 11.5 Å². The van der Waals surface area contributed by atoms with Crippen LogP contribution >= 0.6 is 0 Å². The summed E-state index contributed by atoms with van der Waals surface area (Å²) in [5.41, 5.74) is 0.280. The summed E-state index contributed by atoms with van der Waals surface area (Å²) in [4.78, 5) is 27.9. The molecule has 28 heavy (non-hydrogen) atoms. The summed E-state index contributed by atoms with van der Waals surface area (Å²) in [6.45, 7) is 6.82. The van der Waals surface area contributed by atoms with Gasteiger partial charge in [0.1, 0.15) is 0 Å². The first-order valence-electron chi connectivity index (χ1n) is 9.46. The lowest BCUT2D eigenvalue weighted by Crippen LogP contribution is -2.41. The average Bonchev–Trinajstić information content (AvgIpc) is 2.73. The zero-order valence-corrected chi connectivity index (χ0v) is 16.6. The van der Waals surface area contributed by atoms with Gasteiger partial charge in [-0.1, -0.05) is 0 Å². The molecule has 1 amide bonds. The van der Waals surface area contributed by atoms with Crippen LogP contribution in [-0.4, -0.2) is 69.0 Å². The number of aryl methyl sites for hydroxylation is 1. The van der Waals surface area contributed by atoms with Gasteiger partial charge >= 0.3 is 0 Å². The molecule has 1 aromatic carbocycles. The number of aromatic nitrogens is 1. The Kier molecular flexibility index (Phi) is 6.53. The third-order valence-electron chi connectivity index (χ3n) is 4.99. The zero-order chi connectivity index (χ0) is 20.1. The third-order valence-corrected chi connectivity index (χ3v) is 4.99. The van der Waals surface area contributed by atoms with Crippen LogP contribution in [0.3, 0.4) is 0 Å². The van der Waals surface area contributed by atoms with Gasteiger partial charge in [-0.2, -0.15) is 0 Å². The number of rotatable bonds is 7. The monoisotopic (exact) mass is 389 g/mol. The van der Waals surface area contributed by atoms with Crippen LogP contribution < -0.4 is 20.3 Å².